The molecular weight excluding hydrogens is 445 g/mol. The lowest BCUT2D eigenvalue weighted by Gasteiger charge is -2.41. The second-order valence-corrected chi connectivity index (χ2v) is 10.4. The summed E-state index contributed by atoms with van der Waals surface area (Å²) in [4.78, 5) is 19.7. The summed E-state index contributed by atoms with van der Waals surface area (Å²) in [6.45, 7) is 9.49. The molecule has 6 rings (SSSR count). The van der Waals surface area contributed by atoms with Gasteiger partial charge in [-0.2, -0.15) is 0 Å². The number of benzene rings is 2. The van der Waals surface area contributed by atoms with Crippen molar-refractivity contribution in [1.82, 2.24) is 14.5 Å². The second-order valence-electron chi connectivity index (χ2n) is 10.4. The van der Waals surface area contributed by atoms with Crippen molar-refractivity contribution in [2.45, 2.75) is 51.6 Å². The normalized spacial score (nSPS) is 18.2. The number of pyridine rings is 1. The number of aryl methyl sites for hydroxylation is 1. The first-order chi connectivity index (χ1) is 16.9. The SMILES string of the molecule is COc1cc2c(=O)c3c4ccc(C)cc4[nH]c3n(C(C)C)c2c(F)c1C1CCN(C2COC2)CC1. The molecule has 7 heteroatoms. The molecule has 2 saturated heterocycles. The van der Waals surface area contributed by atoms with Gasteiger partial charge in [0.2, 0.25) is 0 Å². The number of piperidine rings is 1. The molecule has 184 valence electrons. The van der Waals surface area contributed by atoms with E-state index in [1.807, 2.05) is 43.5 Å². The van der Waals surface area contributed by atoms with Crippen LogP contribution in [0.1, 0.15) is 49.8 Å². The van der Waals surface area contributed by atoms with Gasteiger partial charge in [0.05, 0.1) is 42.7 Å². The lowest BCUT2D eigenvalue weighted by atomic mass is 9.86. The van der Waals surface area contributed by atoms with Gasteiger partial charge in [-0.05, 0) is 70.3 Å². The van der Waals surface area contributed by atoms with Crippen LogP contribution in [0.4, 0.5) is 4.39 Å². The average Bonchev–Trinajstić information content (AvgIpc) is 3.17. The minimum Gasteiger partial charge on any atom is -0.496 e. The highest BCUT2D eigenvalue weighted by Crippen LogP contribution is 2.41. The molecule has 0 atom stereocenters. The Hall–Kier alpha value is -2.90. The topological polar surface area (TPSA) is 59.5 Å². The fourth-order valence-corrected chi connectivity index (χ4v) is 6.05. The third kappa shape index (κ3) is 3.39. The zero-order valence-electron chi connectivity index (χ0n) is 20.8. The number of hydrogen-bond donors (Lipinski definition) is 1. The summed E-state index contributed by atoms with van der Waals surface area (Å²) in [7, 11) is 1.57. The number of aromatic amines is 1. The summed E-state index contributed by atoms with van der Waals surface area (Å²) >= 11 is 0. The molecule has 1 N–H and O–H groups in total. The minimum atomic E-state index is -0.327. The molecule has 0 spiro atoms. The fourth-order valence-electron chi connectivity index (χ4n) is 6.05. The summed E-state index contributed by atoms with van der Waals surface area (Å²) in [5.74, 6) is 0.193. The Morgan fingerprint density at radius 3 is 2.51 bits per heavy atom. The number of methoxy groups -OCH3 is 1. The monoisotopic (exact) mass is 477 g/mol. The van der Waals surface area contributed by atoms with E-state index >= 15 is 4.39 Å². The molecule has 2 aliphatic rings. The van der Waals surface area contributed by atoms with Crippen molar-refractivity contribution < 1.29 is 13.9 Å². The van der Waals surface area contributed by atoms with Gasteiger partial charge in [-0.3, -0.25) is 9.69 Å². The van der Waals surface area contributed by atoms with Crippen LogP contribution in [-0.4, -0.2) is 53.9 Å². The molecule has 2 aromatic carbocycles. The van der Waals surface area contributed by atoms with E-state index in [1.165, 1.54) is 0 Å². The van der Waals surface area contributed by atoms with Crippen LogP contribution in [0.15, 0.2) is 29.1 Å². The number of nitrogens with zero attached hydrogens (tertiary/aromatic N) is 2. The Kier molecular flexibility index (Phi) is 5.38. The van der Waals surface area contributed by atoms with Crippen LogP contribution in [0, 0.1) is 12.7 Å². The van der Waals surface area contributed by atoms with Crippen LogP contribution >= 0.6 is 0 Å². The first-order valence-corrected chi connectivity index (χ1v) is 12.6. The summed E-state index contributed by atoms with van der Waals surface area (Å²) in [6.07, 6.45) is 1.71. The lowest BCUT2D eigenvalue weighted by molar-refractivity contribution is -0.0713. The van der Waals surface area contributed by atoms with Gasteiger partial charge in [-0.1, -0.05) is 12.1 Å². The minimum absolute atomic E-state index is 0.0448. The van der Waals surface area contributed by atoms with E-state index < -0.39 is 0 Å². The van der Waals surface area contributed by atoms with Crippen molar-refractivity contribution in [3.63, 3.8) is 0 Å². The number of H-pyrrole nitrogens is 1. The molecule has 0 bridgehead atoms. The molecule has 0 amide bonds. The van der Waals surface area contributed by atoms with Crippen molar-refractivity contribution in [2.24, 2.45) is 0 Å². The molecule has 2 aliphatic heterocycles. The molecule has 6 nitrogen and oxygen atoms in total. The number of hydrogen-bond acceptors (Lipinski definition) is 4. The molecule has 0 aliphatic carbocycles. The van der Waals surface area contributed by atoms with Crippen LogP contribution in [0.5, 0.6) is 5.75 Å². The van der Waals surface area contributed by atoms with Crippen LogP contribution in [0.2, 0.25) is 0 Å². The number of ether oxygens (including phenoxy) is 2. The third-order valence-corrected chi connectivity index (χ3v) is 7.94. The zero-order chi connectivity index (χ0) is 24.4. The highest BCUT2D eigenvalue weighted by atomic mass is 19.1. The van der Waals surface area contributed by atoms with E-state index in [2.05, 4.69) is 9.88 Å². The Morgan fingerprint density at radius 2 is 1.89 bits per heavy atom. The summed E-state index contributed by atoms with van der Waals surface area (Å²) in [6, 6.07) is 8.23. The van der Waals surface area contributed by atoms with E-state index in [0.717, 1.165) is 55.6 Å². The van der Waals surface area contributed by atoms with Gasteiger partial charge in [-0.25, -0.2) is 4.39 Å². The van der Waals surface area contributed by atoms with Gasteiger partial charge < -0.3 is 19.0 Å². The second kappa shape index (κ2) is 8.35. The van der Waals surface area contributed by atoms with E-state index in [9.17, 15) is 4.79 Å². The number of aromatic nitrogens is 2. The Labute approximate surface area is 203 Å². The number of rotatable bonds is 4. The molecule has 2 fully saturated rings. The van der Waals surface area contributed by atoms with Crippen molar-refractivity contribution in [2.75, 3.05) is 33.4 Å². The van der Waals surface area contributed by atoms with Gasteiger partial charge in [0.15, 0.2) is 11.2 Å². The average molecular weight is 478 g/mol. The van der Waals surface area contributed by atoms with Gasteiger partial charge in [-0.15, -0.1) is 0 Å². The van der Waals surface area contributed by atoms with Crippen molar-refractivity contribution in [1.29, 1.82) is 0 Å². The van der Waals surface area contributed by atoms with Gasteiger partial charge >= 0.3 is 0 Å². The molecule has 2 aromatic heterocycles. The Balaban J connectivity index is 1.59. The summed E-state index contributed by atoms with van der Waals surface area (Å²) in [5, 5.41) is 1.84. The quantitative estimate of drug-likeness (QED) is 0.436. The van der Waals surface area contributed by atoms with Gasteiger partial charge in [0.25, 0.3) is 0 Å². The predicted octanol–water partition coefficient (Wildman–Crippen LogP) is 5.25. The highest BCUT2D eigenvalue weighted by molar-refractivity contribution is 6.10. The van der Waals surface area contributed by atoms with Crippen molar-refractivity contribution in [3.8, 4) is 5.75 Å². The van der Waals surface area contributed by atoms with E-state index in [0.29, 0.717) is 39.3 Å². The van der Waals surface area contributed by atoms with Gasteiger partial charge in [0.1, 0.15) is 11.4 Å². The maximum Gasteiger partial charge on any atom is 0.199 e. The molecule has 4 aromatic rings. The molecule has 35 heavy (non-hydrogen) atoms. The fraction of sp³-hybridized carbons (Fsp3) is 0.464. The van der Waals surface area contributed by atoms with Crippen LogP contribution < -0.4 is 10.2 Å². The molecule has 4 heterocycles. The standard InChI is InChI=1S/C28H32FN3O3/c1-15(2)32-26-20(27(33)24-19-6-5-16(3)11-21(19)30-28(24)32)12-22(34-4)23(25(26)29)17-7-9-31(10-8-17)18-13-35-14-18/h5-6,11-12,15,17-18,30H,7-10,13-14H2,1-4H3. The maximum atomic E-state index is 16.6. The number of fused-ring (bicyclic) bond motifs is 4. The van der Waals surface area contributed by atoms with Crippen LogP contribution in [0.3, 0.4) is 0 Å². The maximum absolute atomic E-state index is 16.6. The number of halogens is 1. The molecule has 0 unspecified atom stereocenters. The molecule has 0 radical (unpaired) electrons. The largest absolute Gasteiger partial charge is 0.496 e. The zero-order valence-corrected chi connectivity index (χ0v) is 20.8. The predicted molar refractivity (Wildman–Crippen MR) is 137 cm³/mol. The summed E-state index contributed by atoms with van der Waals surface area (Å²) in [5.41, 5.74) is 3.48. The highest BCUT2D eigenvalue weighted by Gasteiger charge is 2.33. The first-order valence-electron chi connectivity index (χ1n) is 12.6. The Morgan fingerprint density at radius 1 is 1.14 bits per heavy atom. The first kappa shape index (κ1) is 22.6. The molecular formula is C28H32FN3O3. The van der Waals surface area contributed by atoms with Crippen LogP contribution in [0.25, 0.3) is 32.8 Å². The Bertz CT molecular complexity index is 1510. The number of likely N-dealkylation sites (tertiary alicyclic amines) is 1. The summed E-state index contributed by atoms with van der Waals surface area (Å²) < 4.78 is 29.6. The van der Waals surface area contributed by atoms with Crippen LogP contribution in [-0.2, 0) is 4.74 Å². The van der Waals surface area contributed by atoms with Crippen molar-refractivity contribution in [3.05, 3.63) is 51.4 Å². The molecule has 0 saturated carbocycles. The van der Waals surface area contributed by atoms with Crippen molar-refractivity contribution >= 4 is 32.8 Å². The van der Waals surface area contributed by atoms with E-state index in [1.54, 1.807) is 13.2 Å². The van der Waals surface area contributed by atoms with E-state index in [-0.39, 0.29) is 23.2 Å². The number of nitrogens with one attached hydrogen (secondary N) is 1. The smallest absolute Gasteiger partial charge is 0.199 e. The lowest BCUT2D eigenvalue weighted by Crippen LogP contribution is -2.51. The third-order valence-electron chi connectivity index (χ3n) is 7.94. The van der Waals surface area contributed by atoms with E-state index in [4.69, 9.17) is 9.47 Å². The van der Waals surface area contributed by atoms with Gasteiger partial charge in [0, 0.05) is 22.5 Å².